The molecule has 0 amide bonds. The quantitative estimate of drug-likeness (QED) is 0.821. The summed E-state index contributed by atoms with van der Waals surface area (Å²) in [5.74, 6) is -1.80. The second kappa shape index (κ2) is 6.50. The highest BCUT2D eigenvalue weighted by atomic mass is 32.2. The number of aryl methyl sites for hydroxylation is 1. The third-order valence-electron chi connectivity index (χ3n) is 2.99. The van der Waals surface area contributed by atoms with Gasteiger partial charge in [-0.15, -0.1) is 0 Å². The van der Waals surface area contributed by atoms with Crippen LogP contribution in [0.5, 0.6) is 0 Å². The first-order valence-electron chi connectivity index (χ1n) is 6.05. The summed E-state index contributed by atoms with van der Waals surface area (Å²) in [6, 6.07) is 6.10. The lowest BCUT2D eigenvalue weighted by atomic mass is 10.1. The van der Waals surface area contributed by atoms with Gasteiger partial charge in [0.1, 0.15) is 0 Å². The average molecular weight is 296 g/mol. The number of carbonyl (C=O) groups is 1. The third-order valence-corrected chi connectivity index (χ3v) is 4.41. The van der Waals surface area contributed by atoms with Crippen molar-refractivity contribution in [3.63, 3.8) is 0 Å². The Morgan fingerprint density at radius 1 is 1.50 bits per heavy atom. The smallest absolute Gasteiger partial charge is 0.307 e. The highest BCUT2D eigenvalue weighted by Crippen LogP contribution is 2.15. The molecule has 0 bridgehead atoms. The fraction of sp³-hybridized carbons (Fsp3) is 0.385. The second-order valence-corrected chi connectivity index (χ2v) is 6.15. The van der Waals surface area contributed by atoms with E-state index in [2.05, 4.69) is 4.72 Å². The Labute approximate surface area is 118 Å². The number of hydrogen-bond donors (Lipinski definition) is 2. The summed E-state index contributed by atoms with van der Waals surface area (Å²) in [6.07, 6.45) is 0.338. The number of nitrogens with zero attached hydrogens (tertiary/aromatic N) is 1. The molecule has 6 nitrogen and oxygen atoms in total. The number of benzene rings is 1. The Kier molecular flexibility index (Phi) is 5.25. The molecule has 0 saturated carbocycles. The number of hydrogen-bond acceptors (Lipinski definition) is 4. The van der Waals surface area contributed by atoms with Gasteiger partial charge >= 0.3 is 5.97 Å². The van der Waals surface area contributed by atoms with E-state index in [4.69, 9.17) is 10.4 Å². The summed E-state index contributed by atoms with van der Waals surface area (Å²) in [6.45, 7) is 3.16. The molecule has 7 heteroatoms. The van der Waals surface area contributed by atoms with Crippen LogP contribution in [-0.4, -0.2) is 26.0 Å². The number of sulfonamides is 1. The van der Waals surface area contributed by atoms with Crippen molar-refractivity contribution < 1.29 is 18.3 Å². The van der Waals surface area contributed by atoms with Crippen molar-refractivity contribution >= 4 is 16.0 Å². The minimum atomic E-state index is -3.77. The normalized spacial score (nSPS) is 12.7. The van der Waals surface area contributed by atoms with Gasteiger partial charge in [0.15, 0.2) is 0 Å². The Bertz CT molecular complexity index is 647. The molecular formula is C13H16N2O4S. The number of carboxylic acid groups (broad SMARTS) is 1. The van der Waals surface area contributed by atoms with E-state index in [0.29, 0.717) is 17.5 Å². The fourth-order valence-electron chi connectivity index (χ4n) is 1.63. The lowest BCUT2D eigenvalue weighted by Crippen LogP contribution is -2.32. The van der Waals surface area contributed by atoms with Crippen molar-refractivity contribution in [1.82, 2.24) is 4.72 Å². The van der Waals surface area contributed by atoms with Crippen molar-refractivity contribution in [1.29, 1.82) is 5.26 Å². The minimum absolute atomic E-state index is 0.0224. The Morgan fingerprint density at radius 3 is 2.60 bits per heavy atom. The van der Waals surface area contributed by atoms with Crippen molar-refractivity contribution in [2.24, 2.45) is 5.92 Å². The molecule has 20 heavy (non-hydrogen) atoms. The molecule has 0 aliphatic heterocycles. The van der Waals surface area contributed by atoms with Gasteiger partial charge in [-0.2, -0.15) is 5.26 Å². The summed E-state index contributed by atoms with van der Waals surface area (Å²) in [4.78, 5) is 10.9. The van der Waals surface area contributed by atoms with Crippen LogP contribution in [0.15, 0.2) is 23.1 Å². The van der Waals surface area contributed by atoms with Crippen LogP contribution in [0.25, 0.3) is 0 Å². The maximum absolute atomic E-state index is 12.0. The van der Waals surface area contributed by atoms with E-state index in [1.807, 2.05) is 6.07 Å². The molecule has 0 aromatic heterocycles. The van der Waals surface area contributed by atoms with Gasteiger partial charge in [0.25, 0.3) is 0 Å². The summed E-state index contributed by atoms with van der Waals surface area (Å²) < 4.78 is 26.4. The molecule has 1 rings (SSSR count). The van der Waals surface area contributed by atoms with Gasteiger partial charge in [0.2, 0.25) is 10.0 Å². The van der Waals surface area contributed by atoms with Crippen LogP contribution in [0.1, 0.15) is 24.5 Å². The summed E-state index contributed by atoms with van der Waals surface area (Å²) >= 11 is 0. The maximum Gasteiger partial charge on any atom is 0.307 e. The first-order valence-corrected chi connectivity index (χ1v) is 7.53. The van der Waals surface area contributed by atoms with Crippen LogP contribution >= 0.6 is 0 Å². The standard InChI is InChI=1S/C13H16N2O4S/c1-3-10(13(16)17)8-15-20(18,19)12-5-4-11(7-14)9(2)6-12/h4-6,10,15H,3,8H2,1-2H3,(H,16,17). The molecule has 0 fully saturated rings. The summed E-state index contributed by atoms with van der Waals surface area (Å²) in [5, 5.41) is 17.7. The molecule has 0 spiro atoms. The first kappa shape index (κ1) is 16.1. The SMILES string of the molecule is CCC(CNS(=O)(=O)c1ccc(C#N)c(C)c1)C(=O)O. The molecule has 1 atom stereocenters. The van der Waals surface area contributed by atoms with Crippen LogP contribution < -0.4 is 4.72 Å². The number of rotatable bonds is 6. The van der Waals surface area contributed by atoms with E-state index < -0.39 is 21.9 Å². The van der Waals surface area contributed by atoms with E-state index in [1.54, 1.807) is 13.8 Å². The third kappa shape index (κ3) is 3.79. The Balaban J connectivity index is 2.92. The molecule has 0 heterocycles. The molecule has 0 saturated heterocycles. The van der Waals surface area contributed by atoms with E-state index in [0.717, 1.165) is 0 Å². The van der Waals surface area contributed by atoms with Gasteiger partial charge in [-0.1, -0.05) is 6.92 Å². The van der Waals surface area contributed by atoms with Gasteiger partial charge < -0.3 is 5.11 Å². The predicted molar refractivity (Wildman–Crippen MR) is 72.5 cm³/mol. The zero-order valence-corrected chi connectivity index (χ0v) is 12.1. The zero-order chi connectivity index (χ0) is 15.3. The highest BCUT2D eigenvalue weighted by molar-refractivity contribution is 7.89. The number of aliphatic carboxylic acids is 1. The maximum atomic E-state index is 12.0. The lowest BCUT2D eigenvalue weighted by Gasteiger charge is -2.12. The molecule has 2 N–H and O–H groups in total. The Morgan fingerprint density at radius 2 is 2.15 bits per heavy atom. The largest absolute Gasteiger partial charge is 0.481 e. The van der Waals surface area contributed by atoms with Crippen molar-refractivity contribution in [2.75, 3.05) is 6.54 Å². The molecule has 108 valence electrons. The van der Waals surface area contributed by atoms with Crippen LogP contribution in [0.2, 0.25) is 0 Å². The molecule has 1 aromatic rings. The van der Waals surface area contributed by atoms with E-state index in [9.17, 15) is 13.2 Å². The molecule has 0 aliphatic carbocycles. The van der Waals surface area contributed by atoms with Gasteiger partial charge in [-0.25, -0.2) is 13.1 Å². The number of nitrogens with one attached hydrogen (secondary N) is 1. The van der Waals surface area contributed by atoms with Crippen LogP contribution in [0, 0.1) is 24.2 Å². The number of nitriles is 1. The van der Waals surface area contributed by atoms with Gasteiger partial charge in [-0.05, 0) is 37.1 Å². The van der Waals surface area contributed by atoms with Crippen molar-refractivity contribution in [2.45, 2.75) is 25.2 Å². The summed E-state index contributed by atoms with van der Waals surface area (Å²) in [7, 11) is -3.77. The van der Waals surface area contributed by atoms with Crippen LogP contribution in [0.3, 0.4) is 0 Å². The van der Waals surface area contributed by atoms with E-state index in [1.165, 1.54) is 18.2 Å². The molecule has 0 radical (unpaired) electrons. The van der Waals surface area contributed by atoms with Crippen LogP contribution in [0.4, 0.5) is 0 Å². The predicted octanol–water partition coefficient (Wildman–Crippen LogP) is 1.26. The zero-order valence-electron chi connectivity index (χ0n) is 11.3. The molecule has 1 aromatic carbocycles. The van der Waals surface area contributed by atoms with Gasteiger partial charge in [0.05, 0.1) is 22.4 Å². The van der Waals surface area contributed by atoms with Gasteiger partial charge in [0, 0.05) is 6.54 Å². The fourth-order valence-corrected chi connectivity index (χ4v) is 2.80. The topological polar surface area (TPSA) is 107 Å². The molecule has 1 unspecified atom stereocenters. The second-order valence-electron chi connectivity index (χ2n) is 4.38. The minimum Gasteiger partial charge on any atom is -0.481 e. The molecular weight excluding hydrogens is 280 g/mol. The van der Waals surface area contributed by atoms with E-state index >= 15 is 0 Å². The lowest BCUT2D eigenvalue weighted by molar-refractivity contribution is -0.141. The van der Waals surface area contributed by atoms with Crippen LogP contribution in [-0.2, 0) is 14.8 Å². The Hall–Kier alpha value is -1.91. The van der Waals surface area contributed by atoms with Crippen molar-refractivity contribution in [3.05, 3.63) is 29.3 Å². The summed E-state index contributed by atoms with van der Waals surface area (Å²) in [5.41, 5.74) is 0.960. The monoisotopic (exact) mass is 296 g/mol. The number of carboxylic acids is 1. The average Bonchev–Trinajstić information content (AvgIpc) is 2.38. The highest BCUT2D eigenvalue weighted by Gasteiger charge is 2.20. The molecule has 0 aliphatic rings. The van der Waals surface area contributed by atoms with Crippen molar-refractivity contribution in [3.8, 4) is 6.07 Å². The first-order chi connectivity index (χ1) is 9.31. The van der Waals surface area contributed by atoms with Gasteiger partial charge in [-0.3, -0.25) is 4.79 Å². The van der Waals surface area contributed by atoms with E-state index in [-0.39, 0.29) is 11.4 Å².